The van der Waals surface area contributed by atoms with E-state index in [1.54, 1.807) is 17.4 Å². The van der Waals surface area contributed by atoms with E-state index < -0.39 is 0 Å². The van der Waals surface area contributed by atoms with Crippen LogP contribution in [0.2, 0.25) is 0 Å². The Bertz CT molecular complexity index is 481. The van der Waals surface area contributed by atoms with Crippen LogP contribution in [0.15, 0.2) is 41.8 Å². The highest BCUT2D eigenvalue weighted by atomic mass is 32.1. The Morgan fingerprint density at radius 3 is 2.61 bits per heavy atom. The molecule has 0 saturated heterocycles. The van der Waals surface area contributed by atoms with Gasteiger partial charge in [-0.2, -0.15) is 0 Å². The first-order chi connectivity index (χ1) is 8.66. The zero-order valence-corrected chi connectivity index (χ0v) is 11.5. The summed E-state index contributed by atoms with van der Waals surface area (Å²) in [5.74, 6) is -0.138. The number of nitrogens with one attached hydrogen (secondary N) is 1. The maximum absolute atomic E-state index is 13.6. The van der Waals surface area contributed by atoms with Gasteiger partial charge in [0.25, 0.3) is 0 Å². The van der Waals surface area contributed by atoms with Gasteiger partial charge in [-0.25, -0.2) is 4.39 Å². The van der Waals surface area contributed by atoms with Crippen molar-refractivity contribution in [3.05, 3.63) is 58.0 Å². The van der Waals surface area contributed by atoms with Crippen molar-refractivity contribution in [3.63, 3.8) is 0 Å². The van der Waals surface area contributed by atoms with Crippen molar-refractivity contribution in [2.45, 2.75) is 32.4 Å². The molecule has 2 rings (SSSR count). The van der Waals surface area contributed by atoms with E-state index in [0.29, 0.717) is 6.04 Å². The van der Waals surface area contributed by atoms with Crippen LogP contribution in [0.1, 0.15) is 30.3 Å². The molecule has 2 atom stereocenters. The van der Waals surface area contributed by atoms with Crippen LogP contribution in [0.3, 0.4) is 0 Å². The molecule has 96 valence electrons. The number of thiophene rings is 1. The highest BCUT2D eigenvalue weighted by Gasteiger charge is 2.13. The van der Waals surface area contributed by atoms with E-state index in [2.05, 4.69) is 29.8 Å². The topological polar surface area (TPSA) is 12.0 Å². The summed E-state index contributed by atoms with van der Waals surface area (Å²) in [5.41, 5.74) is 0.732. The molecule has 1 nitrogen and oxygen atoms in total. The molecule has 1 aromatic carbocycles. The van der Waals surface area contributed by atoms with Crippen LogP contribution in [0.5, 0.6) is 0 Å². The number of rotatable bonds is 5. The zero-order valence-electron chi connectivity index (χ0n) is 10.7. The molecule has 0 amide bonds. The lowest BCUT2D eigenvalue weighted by Crippen LogP contribution is -2.30. The molecule has 2 aromatic rings. The molecule has 0 aliphatic rings. The molecule has 18 heavy (non-hydrogen) atoms. The summed E-state index contributed by atoms with van der Waals surface area (Å²) in [6.45, 7) is 4.14. The van der Waals surface area contributed by atoms with Gasteiger partial charge in [0.1, 0.15) is 5.82 Å². The van der Waals surface area contributed by atoms with Crippen molar-refractivity contribution >= 4 is 11.3 Å². The second-order valence-corrected chi connectivity index (χ2v) is 5.63. The van der Waals surface area contributed by atoms with Crippen molar-refractivity contribution in [1.29, 1.82) is 0 Å². The van der Waals surface area contributed by atoms with Gasteiger partial charge in [0.15, 0.2) is 0 Å². The fraction of sp³-hybridized carbons (Fsp3) is 0.333. The SMILES string of the molecule is CC(Cc1cccs1)NC(C)c1ccccc1F. The normalized spacial score (nSPS) is 14.4. The lowest BCUT2D eigenvalue weighted by molar-refractivity contribution is 0.462. The van der Waals surface area contributed by atoms with Crippen molar-refractivity contribution in [2.24, 2.45) is 0 Å². The van der Waals surface area contributed by atoms with E-state index in [1.165, 1.54) is 10.9 Å². The maximum atomic E-state index is 13.6. The predicted octanol–water partition coefficient (Wildman–Crippen LogP) is 4.17. The molecular formula is C15H18FNS. The van der Waals surface area contributed by atoms with E-state index in [-0.39, 0.29) is 11.9 Å². The Kier molecular flexibility index (Phi) is 4.50. The molecule has 0 radical (unpaired) electrons. The summed E-state index contributed by atoms with van der Waals surface area (Å²) in [6, 6.07) is 11.5. The molecule has 0 bridgehead atoms. The molecular weight excluding hydrogens is 245 g/mol. The Labute approximate surface area is 112 Å². The van der Waals surface area contributed by atoms with Crippen molar-refractivity contribution < 1.29 is 4.39 Å². The molecule has 0 aliphatic heterocycles. The molecule has 1 aromatic heterocycles. The van der Waals surface area contributed by atoms with E-state index in [0.717, 1.165) is 12.0 Å². The number of hydrogen-bond acceptors (Lipinski definition) is 2. The Hall–Kier alpha value is -1.19. The standard InChI is InChI=1S/C15H18FNS/c1-11(10-13-6-5-9-18-13)17-12(2)14-7-3-4-8-15(14)16/h3-9,11-12,17H,10H2,1-2H3. The van der Waals surface area contributed by atoms with Gasteiger partial charge in [0.2, 0.25) is 0 Å². The molecule has 0 saturated carbocycles. The predicted molar refractivity (Wildman–Crippen MR) is 75.4 cm³/mol. The summed E-state index contributed by atoms with van der Waals surface area (Å²) in [4.78, 5) is 1.36. The van der Waals surface area contributed by atoms with Crippen LogP contribution >= 0.6 is 11.3 Å². The van der Waals surface area contributed by atoms with E-state index in [9.17, 15) is 4.39 Å². The highest BCUT2D eigenvalue weighted by molar-refractivity contribution is 7.09. The Morgan fingerprint density at radius 1 is 1.17 bits per heavy atom. The van der Waals surface area contributed by atoms with Gasteiger partial charge < -0.3 is 5.32 Å². The molecule has 1 N–H and O–H groups in total. The van der Waals surface area contributed by atoms with Crippen LogP contribution in [0.4, 0.5) is 4.39 Å². The van der Waals surface area contributed by atoms with Gasteiger partial charge in [0, 0.05) is 22.5 Å². The first-order valence-corrected chi connectivity index (χ1v) is 7.07. The number of hydrogen-bond donors (Lipinski definition) is 1. The van der Waals surface area contributed by atoms with Crippen LogP contribution in [-0.4, -0.2) is 6.04 Å². The average Bonchev–Trinajstić information content (AvgIpc) is 2.82. The zero-order chi connectivity index (χ0) is 13.0. The van der Waals surface area contributed by atoms with Gasteiger partial charge >= 0.3 is 0 Å². The quantitative estimate of drug-likeness (QED) is 0.853. The minimum atomic E-state index is -0.138. The smallest absolute Gasteiger partial charge is 0.127 e. The highest BCUT2D eigenvalue weighted by Crippen LogP contribution is 2.18. The van der Waals surface area contributed by atoms with E-state index >= 15 is 0 Å². The van der Waals surface area contributed by atoms with Crippen molar-refractivity contribution in [2.75, 3.05) is 0 Å². The van der Waals surface area contributed by atoms with E-state index in [1.807, 2.05) is 19.1 Å². The molecule has 0 spiro atoms. The maximum Gasteiger partial charge on any atom is 0.127 e. The second kappa shape index (κ2) is 6.12. The molecule has 0 aliphatic carbocycles. The van der Waals surface area contributed by atoms with Gasteiger partial charge in [-0.15, -0.1) is 11.3 Å². The van der Waals surface area contributed by atoms with Crippen LogP contribution in [0, 0.1) is 5.82 Å². The molecule has 2 unspecified atom stereocenters. The number of benzene rings is 1. The Balaban J connectivity index is 1.95. The lowest BCUT2D eigenvalue weighted by atomic mass is 10.1. The minimum absolute atomic E-state index is 0.0289. The summed E-state index contributed by atoms with van der Waals surface area (Å²) >= 11 is 1.76. The third-order valence-corrected chi connectivity index (χ3v) is 3.89. The number of halogens is 1. The summed E-state index contributed by atoms with van der Waals surface area (Å²) in [6.07, 6.45) is 0.983. The van der Waals surface area contributed by atoms with E-state index in [4.69, 9.17) is 0 Å². The average molecular weight is 263 g/mol. The first kappa shape index (κ1) is 13.2. The van der Waals surface area contributed by atoms with Crippen LogP contribution < -0.4 is 5.32 Å². The minimum Gasteiger partial charge on any atom is -0.307 e. The molecule has 3 heteroatoms. The molecule has 0 fully saturated rings. The van der Waals surface area contributed by atoms with Gasteiger partial charge in [0.05, 0.1) is 0 Å². The van der Waals surface area contributed by atoms with Gasteiger partial charge in [-0.05, 0) is 37.8 Å². The van der Waals surface area contributed by atoms with Crippen molar-refractivity contribution in [1.82, 2.24) is 5.32 Å². The second-order valence-electron chi connectivity index (χ2n) is 4.59. The fourth-order valence-corrected chi connectivity index (χ4v) is 2.97. The molecule has 1 heterocycles. The first-order valence-electron chi connectivity index (χ1n) is 6.19. The third kappa shape index (κ3) is 3.40. The summed E-state index contributed by atoms with van der Waals surface area (Å²) in [5, 5.41) is 5.53. The third-order valence-electron chi connectivity index (χ3n) is 2.99. The van der Waals surface area contributed by atoms with Crippen LogP contribution in [-0.2, 0) is 6.42 Å². The van der Waals surface area contributed by atoms with Crippen molar-refractivity contribution in [3.8, 4) is 0 Å². The largest absolute Gasteiger partial charge is 0.307 e. The lowest BCUT2D eigenvalue weighted by Gasteiger charge is -2.20. The van der Waals surface area contributed by atoms with Gasteiger partial charge in [-0.3, -0.25) is 0 Å². The Morgan fingerprint density at radius 2 is 1.94 bits per heavy atom. The summed E-state index contributed by atoms with van der Waals surface area (Å²) in [7, 11) is 0. The fourth-order valence-electron chi connectivity index (χ4n) is 2.13. The van der Waals surface area contributed by atoms with Gasteiger partial charge in [-0.1, -0.05) is 24.3 Å². The monoisotopic (exact) mass is 263 g/mol. The summed E-state index contributed by atoms with van der Waals surface area (Å²) < 4.78 is 13.6. The van der Waals surface area contributed by atoms with Crippen LogP contribution in [0.25, 0.3) is 0 Å².